The van der Waals surface area contributed by atoms with Crippen LogP contribution in [0.25, 0.3) is 21.8 Å². The van der Waals surface area contributed by atoms with Crippen LogP contribution in [-0.4, -0.2) is 44.5 Å². The second kappa shape index (κ2) is 8.39. The van der Waals surface area contributed by atoms with Gasteiger partial charge in [0.2, 0.25) is 0 Å². The molecule has 1 heterocycles. The van der Waals surface area contributed by atoms with Gasteiger partial charge in [0, 0.05) is 55.5 Å². The maximum atomic E-state index is 11.6. The third-order valence-corrected chi connectivity index (χ3v) is 6.31. The van der Waals surface area contributed by atoms with Crippen LogP contribution in [0.2, 0.25) is 0 Å². The van der Waals surface area contributed by atoms with Gasteiger partial charge in [0.05, 0.1) is 0 Å². The molecule has 3 aromatic rings. The molecule has 1 aromatic heterocycles. The monoisotopic (exact) mass is 388 g/mol. The molecule has 2 N–H and O–H groups in total. The van der Waals surface area contributed by atoms with E-state index in [0.29, 0.717) is 6.54 Å². The molecule has 0 aliphatic carbocycles. The third kappa shape index (κ3) is 4.32. The zero-order valence-electron chi connectivity index (χ0n) is 16.2. The Morgan fingerprint density at radius 1 is 1.00 bits per heavy atom. The zero-order valence-corrected chi connectivity index (χ0v) is 17.0. The number of benzene rings is 2. The minimum atomic E-state index is -3.33. The van der Waals surface area contributed by atoms with Gasteiger partial charge in [-0.25, -0.2) is 4.72 Å². The minimum absolute atomic E-state index is 0.427. The van der Waals surface area contributed by atoms with Crippen LogP contribution in [0, 0.1) is 0 Å². The first-order valence-corrected chi connectivity index (χ1v) is 10.8. The standard InChI is InChI=1S/C20H28N4O2S/c1-4-24-19-9-6-5-8-17(19)18-14-16(10-11-20(18)24)15-21-12-7-13-22-27(25,26)23(2)3/h5-6,8-11,14,21-22H,4,7,12-13,15H2,1-3H3. The molecule has 0 unspecified atom stereocenters. The lowest BCUT2D eigenvalue weighted by molar-refractivity contribution is 0.502. The fraction of sp³-hybridized carbons (Fsp3) is 0.400. The Hall–Kier alpha value is -1.93. The highest BCUT2D eigenvalue weighted by Crippen LogP contribution is 2.29. The molecule has 0 atom stereocenters. The first kappa shape index (κ1) is 19.8. The zero-order chi connectivity index (χ0) is 19.4. The molecule has 0 saturated carbocycles. The number of hydrogen-bond acceptors (Lipinski definition) is 3. The largest absolute Gasteiger partial charge is 0.341 e. The average molecular weight is 389 g/mol. The lowest BCUT2D eigenvalue weighted by Gasteiger charge is -2.12. The molecule has 7 heteroatoms. The van der Waals surface area contributed by atoms with Crippen molar-refractivity contribution in [2.45, 2.75) is 26.4 Å². The molecule has 0 radical (unpaired) electrons. The summed E-state index contributed by atoms with van der Waals surface area (Å²) < 4.78 is 29.4. The van der Waals surface area contributed by atoms with E-state index < -0.39 is 10.2 Å². The summed E-state index contributed by atoms with van der Waals surface area (Å²) in [7, 11) is -0.290. The van der Waals surface area contributed by atoms with Crippen molar-refractivity contribution in [3.63, 3.8) is 0 Å². The van der Waals surface area contributed by atoms with Crippen molar-refractivity contribution in [2.24, 2.45) is 0 Å². The van der Waals surface area contributed by atoms with Gasteiger partial charge < -0.3 is 9.88 Å². The maximum Gasteiger partial charge on any atom is 0.278 e. The lowest BCUT2D eigenvalue weighted by atomic mass is 10.1. The fourth-order valence-corrected chi connectivity index (χ4v) is 3.99. The minimum Gasteiger partial charge on any atom is -0.341 e. The van der Waals surface area contributed by atoms with E-state index in [4.69, 9.17) is 0 Å². The van der Waals surface area contributed by atoms with Gasteiger partial charge in [-0.3, -0.25) is 0 Å². The number of aromatic nitrogens is 1. The van der Waals surface area contributed by atoms with Crippen molar-refractivity contribution in [3.8, 4) is 0 Å². The Bertz CT molecular complexity index is 1030. The van der Waals surface area contributed by atoms with E-state index in [0.717, 1.165) is 26.1 Å². The number of rotatable bonds is 9. The van der Waals surface area contributed by atoms with Gasteiger partial charge in [0.1, 0.15) is 0 Å². The molecule has 0 bridgehead atoms. The molecular weight excluding hydrogens is 360 g/mol. The van der Waals surface area contributed by atoms with Crippen molar-refractivity contribution < 1.29 is 8.42 Å². The highest BCUT2D eigenvalue weighted by atomic mass is 32.2. The highest BCUT2D eigenvalue weighted by Gasteiger charge is 2.11. The van der Waals surface area contributed by atoms with Crippen molar-refractivity contribution >= 4 is 32.0 Å². The Morgan fingerprint density at radius 2 is 1.74 bits per heavy atom. The first-order chi connectivity index (χ1) is 12.9. The summed E-state index contributed by atoms with van der Waals surface area (Å²) in [5, 5.41) is 5.96. The van der Waals surface area contributed by atoms with Gasteiger partial charge >= 0.3 is 0 Å². The van der Waals surface area contributed by atoms with E-state index in [1.165, 1.54) is 45.8 Å². The van der Waals surface area contributed by atoms with Gasteiger partial charge in [-0.2, -0.15) is 12.7 Å². The van der Waals surface area contributed by atoms with Crippen molar-refractivity contribution in [1.29, 1.82) is 0 Å². The van der Waals surface area contributed by atoms with E-state index >= 15 is 0 Å². The molecule has 0 amide bonds. The van der Waals surface area contributed by atoms with Crippen LogP contribution in [-0.2, 0) is 23.3 Å². The predicted octanol–water partition coefficient (Wildman–Crippen LogP) is 2.69. The number of nitrogens with one attached hydrogen (secondary N) is 2. The second-order valence-electron chi connectivity index (χ2n) is 6.83. The molecule has 0 aliphatic heterocycles. The maximum absolute atomic E-state index is 11.6. The summed E-state index contributed by atoms with van der Waals surface area (Å²) in [6.45, 7) is 5.07. The number of fused-ring (bicyclic) bond motifs is 3. The first-order valence-electron chi connectivity index (χ1n) is 9.31. The molecule has 6 nitrogen and oxygen atoms in total. The topological polar surface area (TPSA) is 66.4 Å². The summed E-state index contributed by atoms with van der Waals surface area (Å²) in [5.74, 6) is 0. The predicted molar refractivity (Wildman–Crippen MR) is 112 cm³/mol. The van der Waals surface area contributed by atoms with Crippen LogP contribution < -0.4 is 10.0 Å². The van der Waals surface area contributed by atoms with Gasteiger partial charge in [-0.15, -0.1) is 0 Å². The molecule has 2 aromatic carbocycles. The molecule has 27 heavy (non-hydrogen) atoms. The Balaban J connectivity index is 1.61. The van der Waals surface area contributed by atoms with Gasteiger partial charge in [0.25, 0.3) is 10.2 Å². The molecule has 146 valence electrons. The van der Waals surface area contributed by atoms with Crippen molar-refractivity contribution in [1.82, 2.24) is 18.9 Å². The van der Waals surface area contributed by atoms with E-state index in [-0.39, 0.29) is 0 Å². The summed E-state index contributed by atoms with van der Waals surface area (Å²) in [4.78, 5) is 0. The highest BCUT2D eigenvalue weighted by molar-refractivity contribution is 7.87. The molecule has 0 aliphatic rings. The number of aryl methyl sites for hydroxylation is 1. The normalized spacial score (nSPS) is 12.4. The summed E-state index contributed by atoms with van der Waals surface area (Å²) in [6.07, 6.45) is 0.741. The average Bonchev–Trinajstić information content (AvgIpc) is 2.97. The van der Waals surface area contributed by atoms with E-state index in [9.17, 15) is 8.42 Å². The van der Waals surface area contributed by atoms with Crippen molar-refractivity contribution in [2.75, 3.05) is 27.2 Å². The van der Waals surface area contributed by atoms with Gasteiger partial charge in [-0.05, 0) is 43.7 Å². The fourth-order valence-electron chi connectivity index (χ4n) is 3.33. The van der Waals surface area contributed by atoms with Crippen LogP contribution in [0.4, 0.5) is 0 Å². The third-order valence-electron chi connectivity index (χ3n) is 4.78. The Labute approximate surface area is 161 Å². The van der Waals surface area contributed by atoms with E-state index in [1.54, 1.807) is 0 Å². The summed E-state index contributed by atoms with van der Waals surface area (Å²) in [5.41, 5.74) is 3.77. The molecule has 0 saturated heterocycles. The Morgan fingerprint density at radius 3 is 2.48 bits per heavy atom. The van der Waals surface area contributed by atoms with E-state index in [2.05, 4.69) is 64.0 Å². The molecule has 0 spiro atoms. The van der Waals surface area contributed by atoms with Crippen LogP contribution in [0.5, 0.6) is 0 Å². The van der Waals surface area contributed by atoms with Gasteiger partial charge in [0.15, 0.2) is 0 Å². The number of nitrogens with zero attached hydrogens (tertiary/aromatic N) is 2. The summed E-state index contributed by atoms with van der Waals surface area (Å²) in [6, 6.07) is 15.1. The smallest absolute Gasteiger partial charge is 0.278 e. The van der Waals surface area contributed by atoms with Gasteiger partial charge in [-0.1, -0.05) is 24.3 Å². The lowest BCUT2D eigenvalue weighted by Crippen LogP contribution is -2.36. The quantitative estimate of drug-likeness (QED) is 0.554. The van der Waals surface area contributed by atoms with Crippen LogP contribution in [0.1, 0.15) is 18.9 Å². The summed E-state index contributed by atoms with van der Waals surface area (Å²) >= 11 is 0. The Kier molecular flexibility index (Phi) is 6.16. The van der Waals surface area contributed by atoms with E-state index in [1.807, 2.05) is 0 Å². The van der Waals surface area contributed by atoms with Crippen LogP contribution in [0.15, 0.2) is 42.5 Å². The number of hydrogen-bond donors (Lipinski definition) is 2. The second-order valence-corrected chi connectivity index (χ2v) is 8.79. The molecular formula is C20H28N4O2S. The van der Waals surface area contributed by atoms with Crippen LogP contribution in [0.3, 0.4) is 0 Å². The number of para-hydroxylation sites is 1. The van der Waals surface area contributed by atoms with Crippen molar-refractivity contribution in [3.05, 3.63) is 48.0 Å². The molecule has 0 fully saturated rings. The molecule has 3 rings (SSSR count). The van der Waals surface area contributed by atoms with Crippen LogP contribution >= 0.6 is 0 Å². The SMILES string of the molecule is CCn1c2ccccc2c2cc(CNCCCNS(=O)(=O)N(C)C)ccc21.